The molecule has 3 atom stereocenters. The highest BCUT2D eigenvalue weighted by atomic mass is 19.4. The number of carbonyl (C=O) groups excluding carboxylic acids is 1. The highest BCUT2D eigenvalue weighted by molar-refractivity contribution is 5.76. The predicted octanol–water partition coefficient (Wildman–Crippen LogP) is 4.38. The lowest BCUT2D eigenvalue weighted by Gasteiger charge is -2.47. The zero-order valence-electron chi connectivity index (χ0n) is 16.5. The Morgan fingerprint density at radius 3 is 1.68 bits per heavy atom. The Morgan fingerprint density at radius 2 is 1.32 bits per heavy atom. The summed E-state index contributed by atoms with van der Waals surface area (Å²) >= 11 is 0. The minimum Gasteiger partial charge on any atom is -0.462 e. The lowest BCUT2D eigenvalue weighted by atomic mass is 9.67. The quantitative estimate of drug-likeness (QED) is 0.510. The number of ether oxygens (including phenoxy) is 1. The minimum atomic E-state index is -5.98. The third-order valence-corrected chi connectivity index (χ3v) is 5.83. The summed E-state index contributed by atoms with van der Waals surface area (Å²) in [5.74, 6) is -4.11. The Balaban J connectivity index is 3.30. The van der Waals surface area contributed by atoms with Gasteiger partial charge in [0.25, 0.3) is 5.60 Å². The zero-order chi connectivity index (χ0) is 22.3. The van der Waals surface area contributed by atoms with Crippen LogP contribution in [0.3, 0.4) is 0 Å². The van der Waals surface area contributed by atoms with Gasteiger partial charge in [-0.2, -0.15) is 26.3 Å². The van der Waals surface area contributed by atoms with Crippen LogP contribution in [-0.4, -0.2) is 45.8 Å². The molecule has 0 aromatic carbocycles. The predicted molar refractivity (Wildman–Crippen MR) is 88.1 cm³/mol. The maximum Gasteiger partial charge on any atom is 0.426 e. The van der Waals surface area contributed by atoms with E-state index in [1.807, 2.05) is 0 Å². The van der Waals surface area contributed by atoms with Gasteiger partial charge in [0.15, 0.2) is 0 Å². The number of rotatable bonds is 5. The van der Waals surface area contributed by atoms with Crippen molar-refractivity contribution in [3.8, 4) is 0 Å². The molecule has 0 saturated heterocycles. The van der Waals surface area contributed by atoms with Gasteiger partial charge in [-0.25, -0.2) is 0 Å². The molecule has 0 radical (unpaired) electrons. The van der Waals surface area contributed by atoms with Gasteiger partial charge in [-0.3, -0.25) is 4.79 Å². The van der Waals surface area contributed by atoms with E-state index in [-0.39, 0.29) is 6.42 Å². The molecular weight excluding hydrogens is 394 g/mol. The van der Waals surface area contributed by atoms with Crippen molar-refractivity contribution in [1.29, 1.82) is 0 Å². The van der Waals surface area contributed by atoms with Crippen LogP contribution >= 0.6 is 0 Å². The van der Waals surface area contributed by atoms with Gasteiger partial charge in [0.2, 0.25) is 0 Å². The van der Waals surface area contributed by atoms with Crippen molar-refractivity contribution < 1.29 is 46.1 Å². The van der Waals surface area contributed by atoms with E-state index in [9.17, 15) is 41.4 Å². The van der Waals surface area contributed by atoms with E-state index in [0.717, 1.165) is 0 Å². The van der Waals surface area contributed by atoms with E-state index < -0.39 is 65.7 Å². The van der Waals surface area contributed by atoms with E-state index in [0.29, 0.717) is 6.42 Å². The molecule has 0 heterocycles. The molecule has 0 spiro atoms. The molecule has 1 aliphatic rings. The van der Waals surface area contributed by atoms with Gasteiger partial charge in [-0.1, -0.05) is 6.92 Å². The molecule has 166 valence electrons. The normalized spacial score (nSPS) is 25.5. The Bertz CT molecular complexity index is 548. The SMILES string of the molecule is CCC(C)(C)C(=O)OC1CC(C(C)(C)O)CC(C(O)(C(F)(F)F)C(F)(F)F)C1. The van der Waals surface area contributed by atoms with Crippen LogP contribution in [0.1, 0.15) is 60.3 Å². The van der Waals surface area contributed by atoms with Crippen LogP contribution < -0.4 is 0 Å². The Labute approximate surface area is 160 Å². The van der Waals surface area contributed by atoms with Crippen LogP contribution in [0.2, 0.25) is 0 Å². The van der Waals surface area contributed by atoms with Gasteiger partial charge in [0, 0.05) is 5.92 Å². The third-order valence-electron chi connectivity index (χ3n) is 5.83. The maximum atomic E-state index is 13.3. The topological polar surface area (TPSA) is 66.8 Å². The molecule has 1 rings (SSSR count). The van der Waals surface area contributed by atoms with E-state index >= 15 is 0 Å². The summed E-state index contributed by atoms with van der Waals surface area (Å²) in [7, 11) is 0. The fourth-order valence-corrected chi connectivity index (χ4v) is 3.36. The molecule has 2 N–H and O–H groups in total. The third kappa shape index (κ3) is 4.93. The molecule has 1 aliphatic carbocycles. The highest BCUT2D eigenvalue weighted by Gasteiger charge is 2.74. The zero-order valence-corrected chi connectivity index (χ0v) is 16.5. The van der Waals surface area contributed by atoms with Crippen molar-refractivity contribution in [2.75, 3.05) is 0 Å². The van der Waals surface area contributed by atoms with Gasteiger partial charge in [0.1, 0.15) is 6.10 Å². The smallest absolute Gasteiger partial charge is 0.426 e. The molecule has 3 unspecified atom stereocenters. The number of hydrogen-bond acceptors (Lipinski definition) is 4. The van der Waals surface area contributed by atoms with Crippen LogP contribution in [-0.2, 0) is 9.53 Å². The summed E-state index contributed by atoms with van der Waals surface area (Å²) in [5, 5.41) is 20.0. The summed E-state index contributed by atoms with van der Waals surface area (Å²) in [6, 6.07) is 0. The summed E-state index contributed by atoms with van der Waals surface area (Å²) in [4.78, 5) is 12.3. The second-order valence-electron chi connectivity index (χ2n) is 8.78. The standard InChI is InChI=1S/C18H28F6O4/c1-6-14(2,3)13(25)28-12-8-10(15(4,5)26)7-11(9-12)16(27,17(19,20)21)18(22,23)24/h10-12,26-27H,6-9H2,1-5H3. The number of hydrogen-bond donors (Lipinski definition) is 2. The van der Waals surface area contributed by atoms with Gasteiger partial charge in [0.05, 0.1) is 11.0 Å². The van der Waals surface area contributed by atoms with Crippen LogP contribution in [0.5, 0.6) is 0 Å². The summed E-state index contributed by atoms with van der Waals surface area (Å²) < 4.78 is 85.0. The van der Waals surface area contributed by atoms with Crippen LogP contribution in [0, 0.1) is 17.3 Å². The molecule has 0 bridgehead atoms. The first-order valence-electron chi connectivity index (χ1n) is 9.06. The van der Waals surface area contributed by atoms with Gasteiger partial charge < -0.3 is 14.9 Å². The molecule has 0 aromatic heterocycles. The van der Waals surface area contributed by atoms with Crippen LogP contribution in [0.25, 0.3) is 0 Å². The van der Waals surface area contributed by atoms with Gasteiger partial charge in [-0.05, 0) is 59.3 Å². The molecule has 0 aromatic rings. The van der Waals surface area contributed by atoms with Crippen molar-refractivity contribution in [3.63, 3.8) is 0 Å². The first kappa shape index (κ1) is 25.0. The van der Waals surface area contributed by atoms with Gasteiger partial charge >= 0.3 is 18.3 Å². The molecule has 28 heavy (non-hydrogen) atoms. The number of carbonyl (C=O) groups is 1. The van der Waals surface area contributed by atoms with E-state index in [1.54, 1.807) is 20.8 Å². The number of aliphatic hydroxyl groups is 2. The number of halogens is 6. The van der Waals surface area contributed by atoms with Crippen LogP contribution in [0.15, 0.2) is 0 Å². The van der Waals surface area contributed by atoms with Crippen molar-refractivity contribution in [2.45, 2.75) is 90.0 Å². The summed E-state index contributed by atoms with van der Waals surface area (Å²) in [6.45, 7) is 7.30. The fourth-order valence-electron chi connectivity index (χ4n) is 3.36. The molecule has 0 aliphatic heterocycles. The molecular formula is C18H28F6O4. The molecule has 0 amide bonds. The molecule has 1 saturated carbocycles. The average Bonchev–Trinajstić information content (AvgIpc) is 2.50. The second kappa shape index (κ2) is 7.66. The fraction of sp³-hybridized carbons (Fsp3) is 0.944. The van der Waals surface area contributed by atoms with E-state index in [4.69, 9.17) is 4.74 Å². The largest absolute Gasteiger partial charge is 0.462 e. The minimum absolute atomic E-state index is 0.0999. The first-order chi connectivity index (χ1) is 12.3. The van der Waals surface area contributed by atoms with Crippen molar-refractivity contribution in [3.05, 3.63) is 0 Å². The lowest BCUT2D eigenvalue weighted by Crippen LogP contribution is -2.64. The van der Waals surface area contributed by atoms with Crippen molar-refractivity contribution in [1.82, 2.24) is 0 Å². The molecule has 4 nitrogen and oxygen atoms in total. The van der Waals surface area contributed by atoms with Crippen molar-refractivity contribution in [2.24, 2.45) is 17.3 Å². The second-order valence-corrected chi connectivity index (χ2v) is 8.78. The number of esters is 1. The lowest BCUT2D eigenvalue weighted by molar-refractivity contribution is -0.390. The first-order valence-corrected chi connectivity index (χ1v) is 9.06. The Kier molecular flexibility index (Phi) is 6.84. The molecule has 1 fully saturated rings. The van der Waals surface area contributed by atoms with Crippen molar-refractivity contribution >= 4 is 5.97 Å². The van der Waals surface area contributed by atoms with Gasteiger partial charge in [-0.15, -0.1) is 0 Å². The Hall–Kier alpha value is -1.03. The average molecular weight is 422 g/mol. The van der Waals surface area contributed by atoms with Crippen LogP contribution in [0.4, 0.5) is 26.3 Å². The maximum absolute atomic E-state index is 13.3. The monoisotopic (exact) mass is 422 g/mol. The van der Waals surface area contributed by atoms with E-state index in [2.05, 4.69) is 0 Å². The van der Waals surface area contributed by atoms with E-state index in [1.165, 1.54) is 13.8 Å². The Morgan fingerprint density at radius 1 is 0.893 bits per heavy atom. The molecule has 10 heteroatoms. The highest BCUT2D eigenvalue weighted by Crippen LogP contribution is 2.53. The number of alkyl halides is 6. The summed E-state index contributed by atoms with van der Waals surface area (Å²) in [6.07, 6.45) is -14.5. The summed E-state index contributed by atoms with van der Waals surface area (Å²) in [5.41, 5.74) is -7.56.